The lowest BCUT2D eigenvalue weighted by atomic mass is 10.1. The highest BCUT2D eigenvalue weighted by Gasteiger charge is 1.98. The number of carbonyl (C=O) groups excluding carboxylic acids is 1. The van der Waals surface area contributed by atoms with Crippen LogP contribution in [-0.2, 0) is 4.79 Å². The van der Waals surface area contributed by atoms with E-state index in [9.17, 15) is 4.79 Å². The topological polar surface area (TPSA) is 41.5 Å². The molecule has 0 fully saturated rings. The molecule has 0 aliphatic heterocycles. The summed E-state index contributed by atoms with van der Waals surface area (Å²) >= 11 is 0. The maximum absolute atomic E-state index is 11.2. The molecular formula is C11H22N2O. The van der Waals surface area contributed by atoms with Gasteiger partial charge in [-0.3, -0.25) is 4.79 Å². The van der Waals surface area contributed by atoms with Crippen LogP contribution in [0.1, 0.15) is 52.9 Å². The van der Waals surface area contributed by atoms with Crippen molar-refractivity contribution in [2.24, 2.45) is 11.0 Å². The summed E-state index contributed by atoms with van der Waals surface area (Å²) < 4.78 is 0. The Morgan fingerprint density at radius 1 is 1.36 bits per heavy atom. The van der Waals surface area contributed by atoms with Crippen LogP contribution < -0.4 is 5.43 Å². The summed E-state index contributed by atoms with van der Waals surface area (Å²) in [5, 5.41) is 3.85. The lowest BCUT2D eigenvalue weighted by molar-refractivity contribution is -0.121. The number of hydrogen-bond acceptors (Lipinski definition) is 2. The first kappa shape index (κ1) is 13.1. The van der Waals surface area contributed by atoms with Gasteiger partial charge in [-0.25, -0.2) is 5.43 Å². The van der Waals surface area contributed by atoms with E-state index in [1.807, 2.05) is 13.8 Å². The Kier molecular flexibility index (Phi) is 8.19. The minimum atomic E-state index is 0.0259. The number of unbranched alkanes of at least 4 members (excludes halogenated alkanes) is 3. The number of hydrogen-bond donors (Lipinski definition) is 1. The van der Waals surface area contributed by atoms with Crippen LogP contribution in [0.5, 0.6) is 0 Å². The largest absolute Gasteiger partial charge is 0.273 e. The molecule has 0 rings (SSSR count). The zero-order valence-electron chi connectivity index (χ0n) is 9.55. The van der Waals surface area contributed by atoms with Crippen LogP contribution in [0.2, 0.25) is 0 Å². The van der Waals surface area contributed by atoms with E-state index in [1.54, 1.807) is 6.21 Å². The van der Waals surface area contributed by atoms with Gasteiger partial charge < -0.3 is 0 Å². The second-order valence-corrected chi connectivity index (χ2v) is 3.87. The Bertz CT molecular complexity index is 176. The molecule has 0 unspecified atom stereocenters. The third-order valence-electron chi connectivity index (χ3n) is 1.82. The van der Waals surface area contributed by atoms with Gasteiger partial charge in [0.25, 0.3) is 0 Å². The van der Waals surface area contributed by atoms with Crippen molar-refractivity contribution in [3.8, 4) is 0 Å². The Labute approximate surface area is 87.0 Å². The summed E-state index contributed by atoms with van der Waals surface area (Å²) in [7, 11) is 0. The summed E-state index contributed by atoms with van der Waals surface area (Å²) in [5.74, 6) is 0.411. The first-order valence-corrected chi connectivity index (χ1v) is 5.48. The van der Waals surface area contributed by atoms with Crippen LogP contribution in [0.4, 0.5) is 0 Å². The fourth-order valence-corrected chi connectivity index (χ4v) is 1.03. The van der Waals surface area contributed by atoms with E-state index in [1.165, 1.54) is 12.8 Å². The van der Waals surface area contributed by atoms with Gasteiger partial charge >= 0.3 is 0 Å². The zero-order chi connectivity index (χ0) is 10.8. The molecule has 0 saturated carbocycles. The van der Waals surface area contributed by atoms with Crippen LogP contribution in [0.3, 0.4) is 0 Å². The van der Waals surface area contributed by atoms with Crippen molar-refractivity contribution < 1.29 is 4.79 Å². The van der Waals surface area contributed by atoms with Crippen molar-refractivity contribution >= 4 is 12.1 Å². The lowest BCUT2D eigenvalue weighted by Crippen LogP contribution is -2.17. The molecular weight excluding hydrogens is 176 g/mol. The van der Waals surface area contributed by atoms with Gasteiger partial charge in [-0.2, -0.15) is 5.10 Å². The first-order valence-electron chi connectivity index (χ1n) is 5.48. The molecule has 0 radical (unpaired) electrons. The van der Waals surface area contributed by atoms with Crippen molar-refractivity contribution in [2.75, 3.05) is 0 Å². The summed E-state index contributed by atoms with van der Waals surface area (Å²) in [5.41, 5.74) is 2.52. The SMILES string of the molecule is CCCCCCC(=O)NN=CC(C)C. The monoisotopic (exact) mass is 198 g/mol. The van der Waals surface area contributed by atoms with Crippen LogP contribution >= 0.6 is 0 Å². The molecule has 3 nitrogen and oxygen atoms in total. The normalized spacial score (nSPS) is 11.1. The van der Waals surface area contributed by atoms with E-state index in [2.05, 4.69) is 17.5 Å². The Hall–Kier alpha value is -0.860. The fourth-order valence-electron chi connectivity index (χ4n) is 1.03. The van der Waals surface area contributed by atoms with Gasteiger partial charge in [0, 0.05) is 12.6 Å². The van der Waals surface area contributed by atoms with Gasteiger partial charge in [0.1, 0.15) is 0 Å². The second kappa shape index (κ2) is 8.73. The number of carbonyl (C=O) groups is 1. The third-order valence-corrected chi connectivity index (χ3v) is 1.82. The maximum atomic E-state index is 11.2. The maximum Gasteiger partial charge on any atom is 0.240 e. The average molecular weight is 198 g/mol. The Morgan fingerprint density at radius 2 is 2.07 bits per heavy atom. The summed E-state index contributed by atoms with van der Waals surface area (Å²) in [4.78, 5) is 11.2. The minimum Gasteiger partial charge on any atom is -0.273 e. The van der Waals surface area contributed by atoms with Gasteiger partial charge in [0.15, 0.2) is 0 Å². The number of hydrazone groups is 1. The lowest BCUT2D eigenvalue weighted by Gasteiger charge is -1.99. The van der Waals surface area contributed by atoms with E-state index in [0.29, 0.717) is 12.3 Å². The van der Waals surface area contributed by atoms with Gasteiger partial charge in [0.2, 0.25) is 5.91 Å². The van der Waals surface area contributed by atoms with Gasteiger partial charge in [-0.05, 0) is 12.3 Å². The highest BCUT2D eigenvalue weighted by Crippen LogP contribution is 2.01. The number of nitrogens with zero attached hydrogens (tertiary/aromatic N) is 1. The second-order valence-electron chi connectivity index (χ2n) is 3.87. The molecule has 0 aliphatic carbocycles. The number of nitrogens with one attached hydrogen (secondary N) is 1. The molecule has 0 heterocycles. The third kappa shape index (κ3) is 9.23. The predicted molar refractivity (Wildman–Crippen MR) is 60.2 cm³/mol. The van der Waals surface area contributed by atoms with Gasteiger partial charge in [0.05, 0.1) is 0 Å². The van der Waals surface area contributed by atoms with Crippen molar-refractivity contribution in [1.82, 2.24) is 5.43 Å². The smallest absolute Gasteiger partial charge is 0.240 e. The standard InChI is InChI=1S/C11H22N2O/c1-4-5-6-7-8-11(14)13-12-9-10(2)3/h9-10H,4-8H2,1-3H3,(H,13,14). The molecule has 14 heavy (non-hydrogen) atoms. The van der Waals surface area contributed by atoms with E-state index in [4.69, 9.17) is 0 Å². The van der Waals surface area contributed by atoms with Crippen LogP contribution in [0, 0.1) is 5.92 Å². The molecule has 0 spiro atoms. The Morgan fingerprint density at radius 3 is 2.64 bits per heavy atom. The van der Waals surface area contributed by atoms with Crippen molar-refractivity contribution in [3.05, 3.63) is 0 Å². The molecule has 1 N–H and O–H groups in total. The minimum absolute atomic E-state index is 0.0259. The molecule has 82 valence electrons. The summed E-state index contributed by atoms with van der Waals surface area (Å²) in [6.45, 7) is 6.21. The first-order chi connectivity index (χ1) is 6.66. The molecule has 3 heteroatoms. The highest BCUT2D eigenvalue weighted by atomic mass is 16.2. The van der Waals surface area contributed by atoms with Crippen LogP contribution in [0.15, 0.2) is 5.10 Å². The molecule has 0 bridgehead atoms. The average Bonchev–Trinajstić information content (AvgIpc) is 2.12. The van der Waals surface area contributed by atoms with Crippen LogP contribution in [-0.4, -0.2) is 12.1 Å². The van der Waals surface area contributed by atoms with E-state index >= 15 is 0 Å². The van der Waals surface area contributed by atoms with Gasteiger partial charge in [-0.1, -0.05) is 40.0 Å². The molecule has 0 aromatic heterocycles. The Balaban J connectivity index is 3.37. The molecule has 0 aliphatic rings. The van der Waals surface area contributed by atoms with Crippen molar-refractivity contribution in [1.29, 1.82) is 0 Å². The summed E-state index contributed by atoms with van der Waals surface area (Å²) in [6.07, 6.45) is 6.85. The molecule has 0 aromatic rings. The quantitative estimate of drug-likeness (QED) is 0.381. The summed E-state index contributed by atoms with van der Waals surface area (Å²) in [6, 6.07) is 0. The molecule has 0 aromatic carbocycles. The van der Waals surface area contributed by atoms with Crippen LogP contribution in [0.25, 0.3) is 0 Å². The van der Waals surface area contributed by atoms with Gasteiger partial charge in [-0.15, -0.1) is 0 Å². The predicted octanol–water partition coefficient (Wildman–Crippen LogP) is 2.71. The van der Waals surface area contributed by atoms with Crippen molar-refractivity contribution in [3.63, 3.8) is 0 Å². The number of rotatable bonds is 7. The highest BCUT2D eigenvalue weighted by molar-refractivity contribution is 5.76. The molecule has 0 atom stereocenters. The van der Waals surface area contributed by atoms with E-state index in [0.717, 1.165) is 12.8 Å². The number of amides is 1. The van der Waals surface area contributed by atoms with E-state index in [-0.39, 0.29) is 5.91 Å². The van der Waals surface area contributed by atoms with E-state index < -0.39 is 0 Å². The molecule has 1 amide bonds. The zero-order valence-corrected chi connectivity index (χ0v) is 9.55. The molecule has 0 saturated heterocycles. The fraction of sp³-hybridized carbons (Fsp3) is 0.818. The van der Waals surface area contributed by atoms with Crippen molar-refractivity contribution in [2.45, 2.75) is 52.9 Å².